The van der Waals surface area contributed by atoms with Crippen LogP contribution in [-0.2, 0) is 9.53 Å². The Kier molecular flexibility index (Phi) is 4.69. The van der Waals surface area contributed by atoms with E-state index in [1.165, 1.54) is 4.90 Å². The third kappa shape index (κ3) is 3.42. The molecule has 0 aromatic heterocycles. The smallest absolute Gasteiger partial charge is 0.411 e. The predicted octanol–water partition coefficient (Wildman–Crippen LogP) is 1.79. The Balaban J connectivity index is 3.11. The lowest BCUT2D eigenvalue weighted by Gasteiger charge is -2.41. The van der Waals surface area contributed by atoms with E-state index < -0.39 is 23.2 Å². The number of hydrogen-bond acceptors (Lipinski definition) is 4. The van der Waals surface area contributed by atoms with Gasteiger partial charge in [-0.05, 0) is 48.1 Å². The lowest BCUT2D eigenvalue weighted by atomic mass is 9.95. The number of carboxylic acids is 1. The largest absolute Gasteiger partial charge is 0.479 e. The summed E-state index contributed by atoms with van der Waals surface area (Å²) in [4.78, 5) is 27.5. The third-order valence-corrected chi connectivity index (χ3v) is 3.40. The van der Waals surface area contributed by atoms with Crippen LogP contribution < -0.4 is 0 Å². The standard InChI is InChI=1S/C14H26N2O4/c1-10(2)16(12(19)20-13(3,4)5)14(11(17)18)7-8-15(6)9-14/h10H,7-9H2,1-6H3,(H,17,18). The molecule has 0 aromatic rings. The van der Waals surface area contributed by atoms with Crippen LogP contribution in [0.3, 0.4) is 0 Å². The summed E-state index contributed by atoms with van der Waals surface area (Å²) >= 11 is 0. The maximum Gasteiger partial charge on any atom is 0.411 e. The minimum absolute atomic E-state index is 0.243. The molecule has 1 aliphatic heterocycles. The zero-order chi connectivity index (χ0) is 15.7. The quantitative estimate of drug-likeness (QED) is 0.856. The first-order chi connectivity index (χ1) is 8.99. The van der Waals surface area contributed by atoms with Gasteiger partial charge in [-0.1, -0.05) is 0 Å². The van der Waals surface area contributed by atoms with Crippen LogP contribution in [0, 0.1) is 0 Å². The van der Waals surface area contributed by atoms with E-state index in [2.05, 4.69) is 0 Å². The van der Waals surface area contributed by atoms with Gasteiger partial charge in [0, 0.05) is 19.1 Å². The number of rotatable bonds is 3. The Hall–Kier alpha value is -1.30. The number of carboxylic acid groups (broad SMARTS) is 1. The van der Waals surface area contributed by atoms with Crippen LogP contribution >= 0.6 is 0 Å². The number of amides is 1. The molecule has 1 unspecified atom stereocenters. The number of nitrogens with zero attached hydrogens (tertiary/aromatic N) is 2. The van der Waals surface area contributed by atoms with Crippen LogP contribution in [0.15, 0.2) is 0 Å². The van der Waals surface area contributed by atoms with E-state index >= 15 is 0 Å². The molecule has 6 nitrogen and oxygen atoms in total. The van der Waals surface area contributed by atoms with Crippen LogP contribution in [0.25, 0.3) is 0 Å². The van der Waals surface area contributed by atoms with E-state index in [9.17, 15) is 14.7 Å². The number of ether oxygens (including phenoxy) is 1. The number of carbonyl (C=O) groups excluding carboxylic acids is 1. The van der Waals surface area contributed by atoms with Crippen LogP contribution in [0.2, 0.25) is 0 Å². The first-order valence-corrected chi connectivity index (χ1v) is 6.94. The summed E-state index contributed by atoms with van der Waals surface area (Å²) in [5.74, 6) is -0.971. The molecule has 1 atom stereocenters. The van der Waals surface area contributed by atoms with Gasteiger partial charge in [-0.25, -0.2) is 9.59 Å². The molecule has 1 saturated heterocycles. The van der Waals surface area contributed by atoms with Crippen LogP contribution in [0.1, 0.15) is 41.0 Å². The van der Waals surface area contributed by atoms with Crippen molar-refractivity contribution in [2.75, 3.05) is 20.1 Å². The lowest BCUT2D eigenvalue weighted by molar-refractivity contribution is -0.151. The molecule has 20 heavy (non-hydrogen) atoms. The Morgan fingerprint density at radius 1 is 1.35 bits per heavy atom. The van der Waals surface area contributed by atoms with Gasteiger partial charge in [0.1, 0.15) is 5.60 Å². The highest BCUT2D eigenvalue weighted by Crippen LogP contribution is 2.31. The highest BCUT2D eigenvalue weighted by atomic mass is 16.6. The van der Waals surface area contributed by atoms with Gasteiger partial charge in [0.2, 0.25) is 0 Å². The highest BCUT2D eigenvalue weighted by Gasteiger charge is 2.52. The number of likely N-dealkylation sites (tertiary alicyclic amines) is 1. The van der Waals surface area contributed by atoms with E-state index in [0.29, 0.717) is 19.5 Å². The fourth-order valence-corrected chi connectivity index (χ4v) is 2.65. The van der Waals surface area contributed by atoms with Crippen molar-refractivity contribution in [3.05, 3.63) is 0 Å². The summed E-state index contributed by atoms with van der Waals surface area (Å²) in [6.07, 6.45) is -0.152. The lowest BCUT2D eigenvalue weighted by Crippen LogP contribution is -2.61. The van der Waals surface area contributed by atoms with E-state index in [4.69, 9.17) is 4.74 Å². The molecule has 0 aromatic carbocycles. The zero-order valence-electron chi connectivity index (χ0n) is 13.3. The van der Waals surface area contributed by atoms with Gasteiger partial charge >= 0.3 is 12.1 Å². The minimum atomic E-state index is -1.20. The molecular formula is C14H26N2O4. The molecule has 1 rings (SSSR count). The zero-order valence-corrected chi connectivity index (χ0v) is 13.3. The van der Waals surface area contributed by atoms with Crippen LogP contribution in [-0.4, -0.2) is 64.3 Å². The van der Waals surface area contributed by atoms with Crippen molar-refractivity contribution in [1.29, 1.82) is 0 Å². The van der Waals surface area contributed by atoms with Gasteiger partial charge in [0.25, 0.3) is 0 Å². The van der Waals surface area contributed by atoms with Crippen molar-refractivity contribution >= 4 is 12.1 Å². The molecule has 0 radical (unpaired) electrons. The Morgan fingerprint density at radius 2 is 1.90 bits per heavy atom. The van der Waals surface area contributed by atoms with Crippen molar-refractivity contribution in [3.63, 3.8) is 0 Å². The van der Waals surface area contributed by atoms with E-state index in [0.717, 1.165) is 0 Å². The Labute approximate surface area is 120 Å². The van der Waals surface area contributed by atoms with Gasteiger partial charge in [0.05, 0.1) is 0 Å². The maximum atomic E-state index is 12.4. The monoisotopic (exact) mass is 286 g/mol. The molecule has 0 aliphatic carbocycles. The Morgan fingerprint density at radius 3 is 2.20 bits per heavy atom. The van der Waals surface area contributed by atoms with Crippen molar-refractivity contribution in [2.45, 2.75) is 58.2 Å². The van der Waals surface area contributed by atoms with Crippen molar-refractivity contribution in [3.8, 4) is 0 Å². The molecule has 1 amide bonds. The van der Waals surface area contributed by atoms with Crippen LogP contribution in [0.4, 0.5) is 4.79 Å². The molecule has 116 valence electrons. The fraction of sp³-hybridized carbons (Fsp3) is 0.857. The molecule has 1 N–H and O–H groups in total. The molecule has 1 heterocycles. The van der Waals surface area contributed by atoms with Crippen molar-refractivity contribution in [2.24, 2.45) is 0 Å². The molecule has 1 fully saturated rings. The Bertz CT molecular complexity index is 389. The van der Waals surface area contributed by atoms with Gasteiger partial charge in [0.15, 0.2) is 5.54 Å². The highest BCUT2D eigenvalue weighted by molar-refractivity contribution is 5.85. The predicted molar refractivity (Wildman–Crippen MR) is 75.7 cm³/mol. The molecular weight excluding hydrogens is 260 g/mol. The first kappa shape index (κ1) is 16.8. The minimum Gasteiger partial charge on any atom is -0.479 e. The van der Waals surface area contributed by atoms with E-state index in [1.54, 1.807) is 20.8 Å². The summed E-state index contributed by atoms with van der Waals surface area (Å²) in [5.41, 5.74) is -1.85. The summed E-state index contributed by atoms with van der Waals surface area (Å²) in [6.45, 7) is 9.92. The van der Waals surface area contributed by atoms with E-state index in [-0.39, 0.29) is 6.04 Å². The number of hydrogen-bond donors (Lipinski definition) is 1. The van der Waals surface area contributed by atoms with Gasteiger partial charge in [-0.2, -0.15) is 0 Å². The normalized spacial score (nSPS) is 23.9. The number of likely N-dealkylation sites (N-methyl/N-ethyl adjacent to an activating group) is 1. The second-order valence-electron chi connectivity index (χ2n) is 6.77. The second-order valence-corrected chi connectivity index (χ2v) is 6.77. The summed E-state index contributed by atoms with van der Waals surface area (Å²) in [7, 11) is 1.86. The third-order valence-electron chi connectivity index (χ3n) is 3.40. The first-order valence-electron chi connectivity index (χ1n) is 6.94. The number of carbonyl (C=O) groups is 2. The SMILES string of the molecule is CC(C)N(C(=O)OC(C)(C)C)C1(C(=O)O)CCN(C)C1. The summed E-state index contributed by atoms with van der Waals surface area (Å²) < 4.78 is 5.39. The summed E-state index contributed by atoms with van der Waals surface area (Å²) in [6, 6.07) is -0.243. The molecule has 0 saturated carbocycles. The number of aliphatic carboxylic acids is 1. The maximum absolute atomic E-state index is 12.4. The van der Waals surface area contributed by atoms with Crippen LogP contribution in [0.5, 0.6) is 0 Å². The topological polar surface area (TPSA) is 70.1 Å². The van der Waals surface area contributed by atoms with Gasteiger partial charge in [-0.15, -0.1) is 0 Å². The van der Waals surface area contributed by atoms with E-state index in [1.807, 2.05) is 25.8 Å². The average Bonchev–Trinajstić information content (AvgIpc) is 2.58. The van der Waals surface area contributed by atoms with Crippen molar-refractivity contribution in [1.82, 2.24) is 9.80 Å². The summed E-state index contributed by atoms with van der Waals surface area (Å²) in [5, 5.41) is 9.67. The van der Waals surface area contributed by atoms with Crippen molar-refractivity contribution < 1.29 is 19.4 Å². The van der Waals surface area contributed by atoms with Gasteiger partial charge < -0.3 is 14.7 Å². The average molecular weight is 286 g/mol. The molecule has 1 aliphatic rings. The second kappa shape index (κ2) is 5.60. The molecule has 0 bridgehead atoms. The fourth-order valence-electron chi connectivity index (χ4n) is 2.65. The molecule has 0 spiro atoms. The molecule has 6 heteroatoms. The van der Waals surface area contributed by atoms with Gasteiger partial charge in [-0.3, -0.25) is 4.90 Å².